The summed E-state index contributed by atoms with van der Waals surface area (Å²) < 4.78 is 18.2. The third kappa shape index (κ3) is 4.21. The summed E-state index contributed by atoms with van der Waals surface area (Å²) in [5.74, 6) is -3.13. The van der Waals surface area contributed by atoms with Crippen molar-refractivity contribution in [2.24, 2.45) is 5.92 Å². The van der Waals surface area contributed by atoms with Crippen LogP contribution in [-0.4, -0.2) is 36.4 Å². The van der Waals surface area contributed by atoms with E-state index in [9.17, 15) is 28.9 Å². The Morgan fingerprint density at radius 1 is 1.28 bits per heavy atom. The maximum absolute atomic E-state index is 13.5. The predicted molar refractivity (Wildman–Crippen MR) is 99.9 cm³/mol. The molecular formula is C19H16FN3O6. The Bertz CT molecular complexity index is 1010. The molecule has 9 nitrogen and oxygen atoms in total. The number of nitrogens with one attached hydrogen (secondary N) is 1. The van der Waals surface area contributed by atoms with Crippen LogP contribution in [-0.2, 0) is 14.3 Å². The first-order valence-electron chi connectivity index (χ1n) is 8.53. The zero-order chi connectivity index (χ0) is 21.1. The molecule has 0 bridgehead atoms. The van der Waals surface area contributed by atoms with Gasteiger partial charge in [-0.1, -0.05) is 6.07 Å². The highest BCUT2D eigenvalue weighted by Gasteiger charge is 2.36. The van der Waals surface area contributed by atoms with Gasteiger partial charge >= 0.3 is 11.7 Å². The van der Waals surface area contributed by atoms with Crippen molar-refractivity contribution in [3.8, 4) is 0 Å². The minimum absolute atomic E-state index is 0.00978. The SMILES string of the molecule is COC(=O)c1cccc(NC(=O)C2CC(=O)N(c3ccc(F)c([N+](=O)[O-])c3)C2)c1. The van der Waals surface area contributed by atoms with E-state index in [2.05, 4.69) is 10.1 Å². The van der Waals surface area contributed by atoms with E-state index >= 15 is 0 Å². The number of amides is 2. The van der Waals surface area contributed by atoms with Gasteiger partial charge in [0.2, 0.25) is 17.6 Å². The van der Waals surface area contributed by atoms with E-state index in [0.29, 0.717) is 5.69 Å². The molecule has 0 saturated carbocycles. The molecule has 0 aliphatic carbocycles. The van der Waals surface area contributed by atoms with Gasteiger partial charge in [0.15, 0.2) is 0 Å². The van der Waals surface area contributed by atoms with Gasteiger partial charge in [-0.15, -0.1) is 0 Å². The number of nitro groups is 1. The lowest BCUT2D eigenvalue weighted by Gasteiger charge is -2.16. The summed E-state index contributed by atoms with van der Waals surface area (Å²) in [6.07, 6.45) is -0.103. The molecule has 29 heavy (non-hydrogen) atoms. The van der Waals surface area contributed by atoms with Crippen LogP contribution in [0.15, 0.2) is 42.5 Å². The molecule has 1 fully saturated rings. The van der Waals surface area contributed by atoms with Crippen molar-refractivity contribution in [3.05, 3.63) is 64.0 Å². The van der Waals surface area contributed by atoms with Gasteiger partial charge in [-0.05, 0) is 30.3 Å². The first-order chi connectivity index (χ1) is 13.8. The molecule has 1 atom stereocenters. The van der Waals surface area contributed by atoms with E-state index in [0.717, 1.165) is 12.1 Å². The summed E-state index contributed by atoms with van der Waals surface area (Å²) in [6, 6.07) is 9.26. The fourth-order valence-electron chi connectivity index (χ4n) is 3.03. The normalized spacial score (nSPS) is 15.9. The summed E-state index contributed by atoms with van der Waals surface area (Å²) in [5.41, 5.74) is 0.0168. The van der Waals surface area contributed by atoms with Gasteiger partial charge in [0, 0.05) is 24.7 Å². The molecular weight excluding hydrogens is 385 g/mol. The number of hydrogen-bond donors (Lipinski definition) is 1. The van der Waals surface area contributed by atoms with Crippen LogP contribution in [0.25, 0.3) is 0 Å². The second-order valence-electron chi connectivity index (χ2n) is 6.36. The Morgan fingerprint density at radius 3 is 2.72 bits per heavy atom. The minimum atomic E-state index is -1.01. The van der Waals surface area contributed by atoms with Gasteiger partial charge in [-0.3, -0.25) is 19.7 Å². The number of halogens is 1. The van der Waals surface area contributed by atoms with E-state index in [-0.39, 0.29) is 24.2 Å². The van der Waals surface area contributed by atoms with Gasteiger partial charge in [-0.25, -0.2) is 4.79 Å². The van der Waals surface area contributed by atoms with E-state index in [1.54, 1.807) is 12.1 Å². The number of methoxy groups -OCH3 is 1. The maximum atomic E-state index is 13.5. The second-order valence-corrected chi connectivity index (χ2v) is 6.36. The minimum Gasteiger partial charge on any atom is -0.465 e. The molecule has 1 N–H and O–H groups in total. The first kappa shape index (κ1) is 19.9. The number of esters is 1. The summed E-state index contributed by atoms with van der Waals surface area (Å²) in [4.78, 5) is 47.7. The average molecular weight is 401 g/mol. The van der Waals surface area contributed by atoms with Crippen LogP contribution in [0.4, 0.5) is 21.5 Å². The largest absolute Gasteiger partial charge is 0.465 e. The molecule has 1 saturated heterocycles. The van der Waals surface area contributed by atoms with Crippen molar-refractivity contribution in [2.45, 2.75) is 6.42 Å². The van der Waals surface area contributed by atoms with Crippen LogP contribution in [0, 0.1) is 21.8 Å². The van der Waals surface area contributed by atoms with Crippen molar-refractivity contribution >= 4 is 34.8 Å². The molecule has 150 valence electrons. The Balaban J connectivity index is 1.73. The molecule has 0 aromatic heterocycles. The van der Waals surface area contributed by atoms with E-state index in [1.807, 2.05) is 0 Å². The molecule has 2 aromatic rings. The zero-order valence-corrected chi connectivity index (χ0v) is 15.3. The topological polar surface area (TPSA) is 119 Å². The van der Waals surface area contributed by atoms with E-state index in [4.69, 9.17) is 0 Å². The number of ether oxygens (including phenoxy) is 1. The van der Waals surface area contributed by atoms with E-state index < -0.39 is 40.1 Å². The number of nitro benzene ring substituents is 1. The summed E-state index contributed by atoms with van der Waals surface area (Å²) in [6.45, 7) is -0.00978. The Kier molecular flexibility index (Phi) is 5.53. The molecule has 0 radical (unpaired) electrons. The third-order valence-electron chi connectivity index (χ3n) is 4.49. The Morgan fingerprint density at radius 2 is 2.03 bits per heavy atom. The third-order valence-corrected chi connectivity index (χ3v) is 4.49. The molecule has 1 aliphatic rings. The molecule has 2 amide bonds. The lowest BCUT2D eigenvalue weighted by molar-refractivity contribution is -0.387. The van der Waals surface area contributed by atoms with Crippen LogP contribution in [0.3, 0.4) is 0 Å². The molecule has 2 aromatic carbocycles. The standard InChI is InChI=1S/C19H16FN3O6/c1-29-19(26)11-3-2-4-13(7-11)21-18(25)12-8-17(24)22(10-12)14-5-6-15(20)16(9-14)23(27)28/h2-7,9,12H,8,10H2,1H3,(H,21,25). The van der Waals surface area contributed by atoms with E-state index in [1.165, 1.54) is 30.2 Å². The molecule has 1 unspecified atom stereocenters. The summed E-state index contributed by atoms with van der Waals surface area (Å²) in [7, 11) is 1.24. The molecule has 3 rings (SSSR count). The zero-order valence-electron chi connectivity index (χ0n) is 15.3. The van der Waals surface area contributed by atoms with Gasteiger partial charge in [0.25, 0.3) is 0 Å². The maximum Gasteiger partial charge on any atom is 0.337 e. The quantitative estimate of drug-likeness (QED) is 0.467. The number of carbonyl (C=O) groups excluding carboxylic acids is 3. The highest BCUT2D eigenvalue weighted by molar-refractivity contribution is 6.04. The van der Waals surface area contributed by atoms with Crippen molar-refractivity contribution in [3.63, 3.8) is 0 Å². The van der Waals surface area contributed by atoms with Gasteiger partial charge in [0.1, 0.15) is 0 Å². The number of rotatable bonds is 5. The molecule has 1 heterocycles. The number of nitrogens with zero attached hydrogens (tertiary/aromatic N) is 2. The number of carbonyl (C=O) groups is 3. The monoisotopic (exact) mass is 401 g/mol. The highest BCUT2D eigenvalue weighted by Crippen LogP contribution is 2.30. The van der Waals surface area contributed by atoms with Crippen molar-refractivity contribution in [1.29, 1.82) is 0 Å². The summed E-state index contributed by atoms with van der Waals surface area (Å²) >= 11 is 0. The smallest absolute Gasteiger partial charge is 0.337 e. The molecule has 0 spiro atoms. The van der Waals surface area contributed by atoms with Gasteiger partial charge in [0.05, 0.1) is 29.2 Å². The van der Waals surface area contributed by atoms with Crippen molar-refractivity contribution < 1.29 is 28.4 Å². The lowest BCUT2D eigenvalue weighted by Crippen LogP contribution is -2.28. The fraction of sp³-hybridized carbons (Fsp3) is 0.211. The van der Waals surface area contributed by atoms with Crippen LogP contribution in [0.2, 0.25) is 0 Å². The first-order valence-corrected chi connectivity index (χ1v) is 8.53. The van der Waals surface area contributed by atoms with Crippen molar-refractivity contribution in [2.75, 3.05) is 23.9 Å². The number of anilines is 2. The second kappa shape index (κ2) is 8.05. The fourth-order valence-corrected chi connectivity index (χ4v) is 3.03. The van der Waals surface area contributed by atoms with Crippen LogP contribution >= 0.6 is 0 Å². The van der Waals surface area contributed by atoms with Gasteiger partial charge < -0.3 is 15.0 Å². The number of benzene rings is 2. The predicted octanol–water partition coefficient (Wildman–Crippen LogP) is 2.51. The average Bonchev–Trinajstić information content (AvgIpc) is 3.09. The summed E-state index contributed by atoms with van der Waals surface area (Å²) in [5, 5.41) is 13.5. The Labute approximate surface area is 164 Å². The molecule has 10 heteroatoms. The van der Waals surface area contributed by atoms with Gasteiger partial charge in [-0.2, -0.15) is 4.39 Å². The number of hydrogen-bond acceptors (Lipinski definition) is 6. The highest BCUT2D eigenvalue weighted by atomic mass is 19.1. The lowest BCUT2D eigenvalue weighted by atomic mass is 10.1. The van der Waals surface area contributed by atoms with Crippen LogP contribution in [0.1, 0.15) is 16.8 Å². The van der Waals surface area contributed by atoms with Crippen LogP contribution < -0.4 is 10.2 Å². The molecule has 1 aliphatic heterocycles. The van der Waals surface area contributed by atoms with Crippen molar-refractivity contribution in [1.82, 2.24) is 0 Å². The Hall–Kier alpha value is -3.82. The van der Waals surface area contributed by atoms with Crippen LogP contribution in [0.5, 0.6) is 0 Å².